The molecule has 1 rings (SSSR count). The van der Waals surface area contributed by atoms with Crippen molar-refractivity contribution in [2.75, 3.05) is 0 Å². The second kappa shape index (κ2) is 24.9. The summed E-state index contributed by atoms with van der Waals surface area (Å²) in [5.41, 5.74) is 0. The Kier molecular flexibility index (Phi) is 22.9. The fraction of sp³-hybridized carbons (Fsp3) is 0.909. The van der Waals surface area contributed by atoms with E-state index in [2.05, 4.69) is 42.3 Å². The van der Waals surface area contributed by atoms with E-state index in [-0.39, 0.29) is 0 Å². The number of nitrogens with zero attached hydrogens (tertiary/aromatic N) is 2. The minimum absolute atomic E-state index is 1.21. The van der Waals surface area contributed by atoms with Gasteiger partial charge in [-0.15, -0.1) is 0 Å². The summed E-state index contributed by atoms with van der Waals surface area (Å²) < 4.78 is 5.16. The monoisotopic (exact) mass is 490 g/mol. The van der Waals surface area contributed by atoms with Crippen LogP contribution in [0.3, 0.4) is 0 Å². The van der Waals surface area contributed by atoms with Crippen LogP contribution in [0.4, 0.5) is 0 Å². The molecule has 0 aliphatic rings. The van der Waals surface area contributed by atoms with Crippen LogP contribution < -0.4 is 4.57 Å². The molecule has 0 amide bonds. The van der Waals surface area contributed by atoms with Gasteiger partial charge in [0.15, 0.2) is 0 Å². The van der Waals surface area contributed by atoms with E-state index < -0.39 is 0 Å². The third-order valence-corrected chi connectivity index (χ3v) is 7.85. The number of hydrogen-bond donors (Lipinski definition) is 0. The smallest absolute Gasteiger partial charge is 0.234 e. The van der Waals surface area contributed by atoms with Crippen molar-refractivity contribution in [3.8, 4) is 0 Å². The molecular formula is C33H65N2+. The molecule has 0 atom stereocenters. The van der Waals surface area contributed by atoms with Crippen molar-refractivity contribution in [3.05, 3.63) is 18.2 Å². The predicted octanol–water partition coefficient (Wildman–Crippen LogP) is 10.7. The van der Waals surface area contributed by atoms with E-state index in [9.17, 15) is 0 Å². The largest absolute Gasteiger partial charge is 0.256 e. The Morgan fingerprint density at radius 3 is 1.37 bits per heavy atom. The average Bonchev–Trinajstić information content (AvgIpc) is 3.25. The number of unbranched alkanes of at least 4 members (excludes halogenated alkanes) is 21. The average molecular weight is 490 g/mol. The molecule has 206 valence electrons. The number of hydrogen-bond acceptors (Lipinski definition) is 0. The zero-order valence-corrected chi connectivity index (χ0v) is 24.6. The van der Waals surface area contributed by atoms with Crippen LogP contribution in [0.1, 0.15) is 181 Å². The van der Waals surface area contributed by atoms with Gasteiger partial charge >= 0.3 is 0 Å². The second-order valence-corrected chi connectivity index (χ2v) is 11.3. The Labute approximate surface area is 221 Å². The fourth-order valence-corrected chi connectivity index (χ4v) is 5.44. The maximum absolute atomic E-state index is 2.59. The first-order valence-corrected chi connectivity index (χ1v) is 16.4. The molecule has 2 nitrogen and oxygen atoms in total. The molecule has 0 spiro atoms. The second-order valence-electron chi connectivity index (χ2n) is 11.3. The molecule has 0 aliphatic heterocycles. The van der Waals surface area contributed by atoms with Crippen LogP contribution in [-0.2, 0) is 19.5 Å². The normalized spacial score (nSPS) is 11.5. The molecule has 0 radical (unpaired) electrons. The third-order valence-electron chi connectivity index (χ3n) is 7.85. The Hall–Kier alpha value is -0.790. The summed E-state index contributed by atoms with van der Waals surface area (Å²) in [4.78, 5) is 0. The van der Waals surface area contributed by atoms with E-state index >= 15 is 0 Å². The van der Waals surface area contributed by atoms with E-state index in [0.717, 1.165) is 0 Å². The van der Waals surface area contributed by atoms with E-state index in [1.807, 2.05) is 0 Å². The van der Waals surface area contributed by atoms with E-state index in [1.165, 1.54) is 174 Å². The molecule has 0 unspecified atom stereocenters. The minimum Gasteiger partial charge on any atom is -0.234 e. The molecular weight excluding hydrogens is 424 g/mol. The molecule has 0 aromatic carbocycles. The maximum atomic E-state index is 2.59. The summed E-state index contributed by atoms with van der Waals surface area (Å²) in [6.45, 7) is 9.36. The molecule has 0 saturated carbocycles. The van der Waals surface area contributed by atoms with Crippen molar-refractivity contribution in [3.63, 3.8) is 0 Å². The Morgan fingerprint density at radius 1 is 0.486 bits per heavy atom. The summed E-state index contributed by atoms with van der Waals surface area (Å²) in [5.74, 6) is 1.60. The lowest BCUT2D eigenvalue weighted by atomic mass is 10.0. The lowest BCUT2D eigenvalue weighted by Gasteiger charge is -2.06. The van der Waals surface area contributed by atoms with Gasteiger partial charge in [-0.2, -0.15) is 0 Å². The van der Waals surface area contributed by atoms with Crippen molar-refractivity contribution >= 4 is 0 Å². The summed E-state index contributed by atoms with van der Waals surface area (Å²) in [6.07, 6.45) is 40.0. The minimum atomic E-state index is 1.21. The van der Waals surface area contributed by atoms with Gasteiger partial charge < -0.3 is 0 Å². The van der Waals surface area contributed by atoms with E-state index in [1.54, 1.807) is 5.82 Å². The Morgan fingerprint density at radius 2 is 0.886 bits per heavy atom. The molecule has 0 fully saturated rings. The molecule has 1 aromatic heterocycles. The van der Waals surface area contributed by atoms with E-state index in [4.69, 9.17) is 0 Å². The van der Waals surface area contributed by atoms with Gasteiger partial charge in [0.2, 0.25) is 0 Å². The highest BCUT2D eigenvalue weighted by Gasteiger charge is 2.16. The van der Waals surface area contributed by atoms with Crippen molar-refractivity contribution < 1.29 is 4.57 Å². The van der Waals surface area contributed by atoms with Gasteiger partial charge in [-0.05, 0) is 32.1 Å². The van der Waals surface area contributed by atoms with Crippen molar-refractivity contribution in [1.82, 2.24) is 4.57 Å². The number of imidazole rings is 1. The molecule has 2 heteroatoms. The summed E-state index contributed by atoms with van der Waals surface area (Å²) >= 11 is 0. The van der Waals surface area contributed by atoms with Crippen LogP contribution in [-0.4, -0.2) is 4.57 Å². The van der Waals surface area contributed by atoms with Crippen LogP contribution in [0.5, 0.6) is 0 Å². The highest BCUT2D eigenvalue weighted by Crippen LogP contribution is 2.14. The highest BCUT2D eigenvalue weighted by atomic mass is 15.1. The van der Waals surface area contributed by atoms with Gasteiger partial charge in [-0.25, -0.2) is 9.13 Å². The standard InChI is InChI=1S/C33H65N2/c1-4-7-10-12-13-14-15-16-17-18-19-20-21-22-24-27-30-35-32-31-34(29-26-9-6-3)33(35)28-25-23-11-8-5-2/h31-32H,4-30H2,1-3H3/q+1. The van der Waals surface area contributed by atoms with Crippen LogP contribution in [0, 0.1) is 0 Å². The fourth-order valence-electron chi connectivity index (χ4n) is 5.44. The summed E-state index contributed by atoms with van der Waals surface area (Å²) in [5, 5.41) is 0. The molecule has 35 heavy (non-hydrogen) atoms. The number of aromatic nitrogens is 2. The maximum Gasteiger partial charge on any atom is 0.256 e. The first-order valence-electron chi connectivity index (χ1n) is 16.4. The van der Waals surface area contributed by atoms with Crippen molar-refractivity contribution in [2.45, 2.75) is 194 Å². The third kappa shape index (κ3) is 18.2. The summed E-state index contributed by atoms with van der Waals surface area (Å²) in [7, 11) is 0. The van der Waals surface area contributed by atoms with Crippen LogP contribution in [0.2, 0.25) is 0 Å². The van der Waals surface area contributed by atoms with Gasteiger partial charge in [0.25, 0.3) is 5.82 Å². The zero-order chi connectivity index (χ0) is 25.2. The molecule has 0 aliphatic carbocycles. The van der Waals surface area contributed by atoms with Gasteiger partial charge in [0, 0.05) is 6.42 Å². The highest BCUT2D eigenvalue weighted by molar-refractivity contribution is 4.84. The zero-order valence-electron chi connectivity index (χ0n) is 24.6. The Bertz CT molecular complexity index is 547. The predicted molar refractivity (Wildman–Crippen MR) is 156 cm³/mol. The number of rotatable bonds is 27. The first kappa shape index (κ1) is 32.2. The lowest BCUT2D eigenvalue weighted by Crippen LogP contribution is -2.37. The topological polar surface area (TPSA) is 8.81 Å². The van der Waals surface area contributed by atoms with Crippen LogP contribution >= 0.6 is 0 Å². The van der Waals surface area contributed by atoms with Gasteiger partial charge in [-0.1, -0.05) is 143 Å². The van der Waals surface area contributed by atoms with Crippen LogP contribution in [0.15, 0.2) is 12.4 Å². The molecule has 1 heterocycles. The molecule has 0 saturated heterocycles. The Balaban J connectivity index is 2.09. The van der Waals surface area contributed by atoms with Crippen molar-refractivity contribution in [2.24, 2.45) is 0 Å². The van der Waals surface area contributed by atoms with Gasteiger partial charge in [0.05, 0.1) is 13.1 Å². The lowest BCUT2D eigenvalue weighted by molar-refractivity contribution is -0.704. The molecule has 1 aromatic rings. The number of aryl methyl sites for hydroxylation is 2. The van der Waals surface area contributed by atoms with Crippen molar-refractivity contribution in [1.29, 1.82) is 0 Å². The van der Waals surface area contributed by atoms with Gasteiger partial charge in [0.1, 0.15) is 12.4 Å². The SMILES string of the molecule is CCCCCCCCCCCCCCCCCCn1cc[n+](CCCCC)c1CCCCCCC. The quantitative estimate of drug-likeness (QED) is 0.0858. The first-order chi connectivity index (χ1) is 17.3. The van der Waals surface area contributed by atoms with E-state index in [0.29, 0.717) is 0 Å². The molecule has 0 bridgehead atoms. The summed E-state index contributed by atoms with van der Waals surface area (Å²) in [6, 6.07) is 0. The van der Waals surface area contributed by atoms with Crippen LogP contribution in [0.25, 0.3) is 0 Å². The van der Waals surface area contributed by atoms with Gasteiger partial charge in [-0.3, -0.25) is 0 Å². The molecule has 0 N–H and O–H groups in total.